The molecule has 3 aromatic rings. The van der Waals surface area contributed by atoms with Crippen molar-refractivity contribution in [3.8, 4) is 5.75 Å². The number of hydrogen-bond donors (Lipinski definition) is 1. The molecule has 4 nitrogen and oxygen atoms in total. The summed E-state index contributed by atoms with van der Waals surface area (Å²) < 4.78 is 21.7. The molecular formula is C24H27FN2O2. The molecule has 1 aromatic heterocycles. The summed E-state index contributed by atoms with van der Waals surface area (Å²) in [5, 5.41) is 10.4. The van der Waals surface area contributed by atoms with Crippen LogP contribution in [0.15, 0.2) is 85.6 Å². The molecule has 0 spiro atoms. The smallest absolute Gasteiger partial charge is 0.128 e. The predicted octanol–water partition coefficient (Wildman–Crippen LogP) is 4.10. The highest BCUT2D eigenvalue weighted by Gasteiger charge is 2.14. The average Bonchev–Trinajstić information content (AvgIpc) is 3.16. The van der Waals surface area contributed by atoms with E-state index in [9.17, 15) is 9.50 Å². The van der Waals surface area contributed by atoms with Crippen molar-refractivity contribution in [3.63, 3.8) is 0 Å². The summed E-state index contributed by atoms with van der Waals surface area (Å²) in [5.41, 5.74) is 1.70. The van der Waals surface area contributed by atoms with E-state index in [0.29, 0.717) is 31.7 Å². The minimum absolute atomic E-state index is 0.205. The second-order valence-corrected chi connectivity index (χ2v) is 6.98. The molecule has 2 aromatic carbocycles. The largest absolute Gasteiger partial charge is 0.491 e. The zero-order chi connectivity index (χ0) is 20.5. The first-order chi connectivity index (χ1) is 14.2. The molecule has 3 rings (SSSR count). The fraction of sp³-hybridized carbons (Fsp3) is 0.250. The van der Waals surface area contributed by atoms with E-state index in [0.717, 1.165) is 11.4 Å². The van der Waals surface area contributed by atoms with Gasteiger partial charge in [-0.3, -0.25) is 4.90 Å². The zero-order valence-corrected chi connectivity index (χ0v) is 16.5. The molecule has 0 aliphatic carbocycles. The lowest BCUT2D eigenvalue weighted by atomic mass is 10.2. The topological polar surface area (TPSA) is 37.6 Å². The van der Waals surface area contributed by atoms with Crippen LogP contribution in [0, 0.1) is 5.82 Å². The summed E-state index contributed by atoms with van der Waals surface area (Å²) in [6.07, 6.45) is 3.13. The Balaban J connectivity index is 1.59. The van der Waals surface area contributed by atoms with Crippen LogP contribution in [0.1, 0.15) is 11.3 Å². The van der Waals surface area contributed by atoms with Gasteiger partial charge in [-0.1, -0.05) is 42.5 Å². The molecular weight excluding hydrogens is 367 g/mol. The molecule has 0 aliphatic rings. The van der Waals surface area contributed by atoms with Gasteiger partial charge in [0.2, 0.25) is 0 Å². The summed E-state index contributed by atoms with van der Waals surface area (Å²) in [5.74, 6) is 0.532. The number of aliphatic hydroxyl groups excluding tert-OH is 1. The molecule has 29 heavy (non-hydrogen) atoms. The zero-order valence-electron chi connectivity index (χ0n) is 16.5. The molecule has 0 aliphatic heterocycles. The first-order valence-electron chi connectivity index (χ1n) is 9.72. The van der Waals surface area contributed by atoms with Crippen LogP contribution < -0.4 is 4.74 Å². The van der Waals surface area contributed by atoms with Gasteiger partial charge in [-0.15, -0.1) is 6.58 Å². The fourth-order valence-electron chi connectivity index (χ4n) is 3.23. The molecule has 1 heterocycles. The van der Waals surface area contributed by atoms with Crippen LogP contribution in [0.2, 0.25) is 0 Å². The highest BCUT2D eigenvalue weighted by atomic mass is 19.1. The van der Waals surface area contributed by atoms with Crippen LogP contribution in [-0.2, 0) is 13.1 Å². The third-order valence-corrected chi connectivity index (χ3v) is 4.65. The van der Waals surface area contributed by atoms with E-state index in [1.165, 1.54) is 6.07 Å². The molecule has 0 unspecified atom stereocenters. The number of rotatable bonds is 11. The lowest BCUT2D eigenvalue weighted by molar-refractivity contribution is 0.0690. The molecule has 1 N–H and O–H groups in total. The van der Waals surface area contributed by atoms with E-state index in [2.05, 4.69) is 11.5 Å². The molecule has 0 saturated carbocycles. The molecule has 0 amide bonds. The number of benzene rings is 2. The summed E-state index contributed by atoms with van der Waals surface area (Å²) in [4.78, 5) is 2.10. The number of hydrogen-bond acceptors (Lipinski definition) is 3. The third kappa shape index (κ3) is 6.31. The first-order valence-corrected chi connectivity index (χ1v) is 9.72. The van der Waals surface area contributed by atoms with Crippen LogP contribution >= 0.6 is 0 Å². The Bertz CT molecular complexity index is 895. The van der Waals surface area contributed by atoms with Crippen LogP contribution in [0.5, 0.6) is 5.75 Å². The number of ether oxygens (including phenoxy) is 1. The average molecular weight is 394 g/mol. The monoisotopic (exact) mass is 394 g/mol. The molecule has 1 atom stereocenters. The van der Waals surface area contributed by atoms with E-state index in [1.54, 1.807) is 12.1 Å². The van der Waals surface area contributed by atoms with Gasteiger partial charge in [0.1, 0.15) is 24.3 Å². The molecule has 0 fully saturated rings. The van der Waals surface area contributed by atoms with Gasteiger partial charge in [0.25, 0.3) is 0 Å². The summed E-state index contributed by atoms with van der Waals surface area (Å²) in [6.45, 7) is 6.21. The second kappa shape index (κ2) is 10.6. The number of para-hydroxylation sites is 1. The first kappa shape index (κ1) is 20.8. The van der Waals surface area contributed by atoms with Crippen molar-refractivity contribution in [1.82, 2.24) is 9.47 Å². The number of aromatic nitrogens is 1. The van der Waals surface area contributed by atoms with Crippen molar-refractivity contribution in [1.29, 1.82) is 0 Å². The Morgan fingerprint density at radius 1 is 1.07 bits per heavy atom. The minimum atomic E-state index is -0.634. The standard InChI is InChI=1S/C24H27FN2O2/c1-2-14-26(18-22(28)19-29-23-11-4-3-5-12-23)17-21-10-8-15-27(21)16-20-9-6-7-13-24(20)25/h2-13,15,22,28H,1,14,16-19H2/t22-/m0/s1. The highest BCUT2D eigenvalue weighted by molar-refractivity contribution is 5.21. The lowest BCUT2D eigenvalue weighted by Gasteiger charge is -2.24. The molecule has 152 valence electrons. The minimum Gasteiger partial charge on any atom is -0.491 e. The predicted molar refractivity (Wildman–Crippen MR) is 113 cm³/mol. The maximum Gasteiger partial charge on any atom is 0.128 e. The molecule has 0 saturated heterocycles. The highest BCUT2D eigenvalue weighted by Crippen LogP contribution is 2.14. The Morgan fingerprint density at radius 3 is 2.59 bits per heavy atom. The summed E-state index contributed by atoms with van der Waals surface area (Å²) in [7, 11) is 0. The van der Waals surface area contributed by atoms with E-state index in [4.69, 9.17) is 4.74 Å². The normalized spacial score (nSPS) is 12.1. The third-order valence-electron chi connectivity index (χ3n) is 4.65. The molecule has 0 bridgehead atoms. The van der Waals surface area contributed by atoms with Crippen molar-refractivity contribution in [2.75, 3.05) is 19.7 Å². The van der Waals surface area contributed by atoms with Crippen molar-refractivity contribution < 1.29 is 14.2 Å². The SMILES string of the molecule is C=CCN(Cc1cccn1Cc1ccccc1F)C[C@H](O)COc1ccccc1. The van der Waals surface area contributed by atoms with Gasteiger partial charge in [-0.2, -0.15) is 0 Å². The van der Waals surface area contributed by atoms with Gasteiger partial charge in [0.15, 0.2) is 0 Å². The van der Waals surface area contributed by atoms with Crippen molar-refractivity contribution >= 4 is 0 Å². The van der Waals surface area contributed by atoms with Crippen LogP contribution in [0.3, 0.4) is 0 Å². The number of aliphatic hydroxyl groups is 1. The van der Waals surface area contributed by atoms with Gasteiger partial charge >= 0.3 is 0 Å². The molecule has 5 heteroatoms. The fourth-order valence-corrected chi connectivity index (χ4v) is 3.23. The maximum absolute atomic E-state index is 14.0. The Labute approximate surface area is 171 Å². The van der Waals surface area contributed by atoms with E-state index in [1.807, 2.05) is 65.4 Å². The van der Waals surface area contributed by atoms with Crippen molar-refractivity contribution in [2.24, 2.45) is 0 Å². The van der Waals surface area contributed by atoms with Gasteiger partial charge in [-0.25, -0.2) is 4.39 Å². The lowest BCUT2D eigenvalue weighted by Crippen LogP contribution is -2.36. The summed E-state index contributed by atoms with van der Waals surface area (Å²) >= 11 is 0. The Kier molecular flexibility index (Phi) is 7.61. The van der Waals surface area contributed by atoms with Gasteiger partial charge in [0, 0.05) is 37.1 Å². The van der Waals surface area contributed by atoms with Crippen molar-refractivity contribution in [3.05, 3.63) is 103 Å². The van der Waals surface area contributed by atoms with Crippen LogP contribution in [-0.4, -0.2) is 40.4 Å². The van der Waals surface area contributed by atoms with Crippen molar-refractivity contribution in [2.45, 2.75) is 19.2 Å². The number of halogens is 1. The van der Waals surface area contributed by atoms with Crippen LogP contribution in [0.25, 0.3) is 0 Å². The van der Waals surface area contributed by atoms with Crippen LogP contribution in [0.4, 0.5) is 4.39 Å². The van der Waals surface area contributed by atoms with E-state index >= 15 is 0 Å². The Morgan fingerprint density at radius 2 is 1.83 bits per heavy atom. The summed E-state index contributed by atoms with van der Waals surface area (Å²) in [6, 6.07) is 20.2. The van der Waals surface area contributed by atoms with Gasteiger partial charge in [0.05, 0.1) is 6.54 Å². The second-order valence-electron chi connectivity index (χ2n) is 6.98. The van der Waals surface area contributed by atoms with E-state index in [-0.39, 0.29) is 12.4 Å². The Hall–Kier alpha value is -2.89. The van der Waals surface area contributed by atoms with Gasteiger partial charge < -0.3 is 14.4 Å². The quantitative estimate of drug-likeness (QED) is 0.498. The van der Waals surface area contributed by atoms with Gasteiger partial charge in [-0.05, 0) is 30.3 Å². The molecule has 0 radical (unpaired) electrons. The van der Waals surface area contributed by atoms with E-state index < -0.39 is 6.10 Å². The maximum atomic E-state index is 14.0. The number of nitrogens with zero attached hydrogens (tertiary/aromatic N) is 2.